The van der Waals surface area contributed by atoms with E-state index < -0.39 is 0 Å². The van der Waals surface area contributed by atoms with E-state index in [0.29, 0.717) is 0 Å². The van der Waals surface area contributed by atoms with Crippen molar-refractivity contribution in [1.29, 1.82) is 0 Å². The molecule has 1 fully saturated rings. The molecule has 0 aliphatic carbocycles. The van der Waals surface area contributed by atoms with Gasteiger partial charge in [-0.2, -0.15) is 0 Å². The summed E-state index contributed by atoms with van der Waals surface area (Å²) in [6.45, 7) is 7.04. The Hall–Kier alpha value is -1.32. The van der Waals surface area contributed by atoms with E-state index >= 15 is 0 Å². The summed E-state index contributed by atoms with van der Waals surface area (Å²) in [6, 6.07) is 9.81. The molecule has 22 heavy (non-hydrogen) atoms. The van der Waals surface area contributed by atoms with E-state index in [9.17, 15) is 0 Å². The first-order chi connectivity index (χ1) is 10.6. The summed E-state index contributed by atoms with van der Waals surface area (Å²) in [5.74, 6) is 0. The highest BCUT2D eigenvalue weighted by molar-refractivity contribution is 5.80. The number of fused-ring (bicyclic) bond motifs is 1. The lowest BCUT2D eigenvalue weighted by molar-refractivity contribution is 0.141. The lowest BCUT2D eigenvalue weighted by Gasteiger charge is -2.34. The van der Waals surface area contributed by atoms with E-state index in [4.69, 9.17) is 0 Å². The number of nitrogens with zero attached hydrogens (tertiary/aromatic N) is 3. The van der Waals surface area contributed by atoms with E-state index in [0.717, 1.165) is 19.1 Å². The van der Waals surface area contributed by atoms with Crippen LogP contribution in [0.3, 0.4) is 0 Å². The molecule has 3 heteroatoms. The zero-order valence-electron chi connectivity index (χ0n) is 14.3. The Morgan fingerprint density at radius 1 is 1.23 bits per heavy atom. The van der Waals surface area contributed by atoms with Crippen LogP contribution in [0.15, 0.2) is 30.5 Å². The van der Waals surface area contributed by atoms with Gasteiger partial charge in [0.1, 0.15) is 0 Å². The molecule has 1 aliphatic rings. The van der Waals surface area contributed by atoms with E-state index in [1.807, 2.05) is 0 Å². The molecule has 1 saturated heterocycles. The molecule has 0 bridgehead atoms. The van der Waals surface area contributed by atoms with E-state index in [-0.39, 0.29) is 0 Å². The molecule has 0 N–H and O–H groups in total. The van der Waals surface area contributed by atoms with Crippen LogP contribution in [0.2, 0.25) is 0 Å². The molecule has 2 aromatic rings. The van der Waals surface area contributed by atoms with E-state index in [2.05, 4.69) is 65.8 Å². The Labute approximate surface area is 134 Å². The van der Waals surface area contributed by atoms with Gasteiger partial charge in [-0.25, -0.2) is 0 Å². The van der Waals surface area contributed by atoms with Crippen molar-refractivity contribution in [3.63, 3.8) is 0 Å². The first-order valence-electron chi connectivity index (χ1n) is 8.60. The van der Waals surface area contributed by atoms with Crippen LogP contribution < -0.4 is 0 Å². The summed E-state index contributed by atoms with van der Waals surface area (Å²) in [5, 5.41) is 1.35. The first-order valence-corrected chi connectivity index (χ1v) is 8.60. The molecule has 2 heterocycles. The summed E-state index contributed by atoms with van der Waals surface area (Å²) >= 11 is 0. The van der Waals surface area contributed by atoms with E-state index in [1.165, 1.54) is 48.8 Å². The van der Waals surface area contributed by atoms with Crippen molar-refractivity contribution in [3.8, 4) is 0 Å². The highest BCUT2D eigenvalue weighted by Gasteiger charge is 2.17. The van der Waals surface area contributed by atoms with Crippen LogP contribution in [-0.4, -0.2) is 47.1 Å². The van der Waals surface area contributed by atoms with Crippen molar-refractivity contribution in [2.75, 3.05) is 26.7 Å². The monoisotopic (exact) mass is 299 g/mol. The molecule has 0 spiro atoms. The topological polar surface area (TPSA) is 11.4 Å². The molecule has 1 aromatic carbocycles. The van der Waals surface area contributed by atoms with Gasteiger partial charge >= 0.3 is 0 Å². The maximum Gasteiger partial charge on any atom is 0.0477 e. The summed E-state index contributed by atoms with van der Waals surface area (Å²) in [5.41, 5.74) is 2.72. The standard InChI is InChI=1S/C19H29N3/c1-16-6-4-5-10-22(16)13-12-20(2)15-17-7-8-19-18(14-17)9-11-21(19)3/h7-9,11,14,16H,4-6,10,12-13,15H2,1-3H3/t16-/m1/s1. The van der Waals surface area contributed by atoms with Crippen molar-refractivity contribution in [1.82, 2.24) is 14.4 Å². The number of rotatable bonds is 5. The average Bonchev–Trinajstić information content (AvgIpc) is 2.87. The minimum absolute atomic E-state index is 0.766. The Balaban J connectivity index is 1.54. The minimum Gasteiger partial charge on any atom is -0.351 e. The number of likely N-dealkylation sites (N-methyl/N-ethyl adjacent to an activating group) is 1. The lowest BCUT2D eigenvalue weighted by atomic mass is 10.0. The summed E-state index contributed by atoms with van der Waals surface area (Å²) in [6.07, 6.45) is 6.29. The summed E-state index contributed by atoms with van der Waals surface area (Å²) in [7, 11) is 4.34. The third-order valence-corrected chi connectivity index (χ3v) is 5.11. The number of hydrogen-bond donors (Lipinski definition) is 0. The molecule has 1 atom stereocenters. The third-order valence-electron chi connectivity index (χ3n) is 5.11. The van der Waals surface area contributed by atoms with Gasteiger partial charge in [-0.15, -0.1) is 0 Å². The van der Waals surface area contributed by atoms with Gasteiger partial charge in [0.2, 0.25) is 0 Å². The van der Waals surface area contributed by atoms with Gasteiger partial charge < -0.3 is 9.47 Å². The quantitative estimate of drug-likeness (QED) is 0.837. The average molecular weight is 299 g/mol. The lowest BCUT2D eigenvalue weighted by Crippen LogP contribution is -2.41. The predicted molar refractivity (Wildman–Crippen MR) is 94.1 cm³/mol. The molecule has 3 rings (SSSR count). The summed E-state index contributed by atoms with van der Waals surface area (Å²) < 4.78 is 2.18. The number of aryl methyl sites for hydroxylation is 1. The Bertz CT molecular complexity index is 616. The molecular weight excluding hydrogens is 270 g/mol. The summed E-state index contributed by atoms with van der Waals surface area (Å²) in [4.78, 5) is 5.10. The second-order valence-electron chi connectivity index (χ2n) is 6.94. The number of piperidine rings is 1. The number of aromatic nitrogens is 1. The largest absolute Gasteiger partial charge is 0.351 e. The fourth-order valence-corrected chi connectivity index (χ4v) is 3.61. The van der Waals surface area contributed by atoms with Gasteiger partial charge in [0, 0.05) is 44.4 Å². The molecule has 120 valence electrons. The fourth-order valence-electron chi connectivity index (χ4n) is 3.61. The Morgan fingerprint density at radius 3 is 2.91 bits per heavy atom. The minimum atomic E-state index is 0.766. The number of benzene rings is 1. The first kappa shape index (κ1) is 15.6. The molecule has 1 aromatic heterocycles. The second kappa shape index (κ2) is 6.84. The van der Waals surface area contributed by atoms with Crippen LogP contribution in [0, 0.1) is 0 Å². The SMILES string of the molecule is C[C@@H]1CCCCN1CCN(C)Cc1ccc2c(ccn2C)c1. The zero-order valence-corrected chi connectivity index (χ0v) is 14.3. The van der Waals surface area contributed by atoms with Crippen LogP contribution in [-0.2, 0) is 13.6 Å². The van der Waals surface area contributed by atoms with Gasteiger partial charge in [-0.3, -0.25) is 4.90 Å². The normalized spacial score (nSPS) is 20.1. The van der Waals surface area contributed by atoms with Gasteiger partial charge in [-0.1, -0.05) is 12.5 Å². The van der Waals surface area contributed by atoms with E-state index in [1.54, 1.807) is 0 Å². The molecular formula is C19H29N3. The van der Waals surface area contributed by atoms with Crippen molar-refractivity contribution in [3.05, 3.63) is 36.0 Å². The Kier molecular flexibility index (Phi) is 4.84. The van der Waals surface area contributed by atoms with Crippen LogP contribution in [0.4, 0.5) is 0 Å². The maximum absolute atomic E-state index is 2.65. The van der Waals surface area contributed by atoms with Gasteiger partial charge in [0.25, 0.3) is 0 Å². The second-order valence-corrected chi connectivity index (χ2v) is 6.94. The van der Waals surface area contributed by atoms with Crippen LogP contribution in [0.5, 0.6) is 0 Å². The van der Waals surface area contributed by atoms with Gasteiger partial charge in [0.15, 0.2) is 0 Å². The van der Waals surface area contributed by atoms with Crippen LogP contribution >= 0.6 is 0 Å². The van der Waals surface area contributed by atoms with Gasteiger partial charge in [0.05, 0.1) is 0 Å². The molecule has 0 saturated carbocycles. The number of likely N-dealkylation sites (tertiary alicyclic amines) is 1. The maximum atomic E-state index is 2.65. The molecule has 3 nitrogen and oxygen atoms in total. The fraction of sp³-hybridized carbons (Fsp3) is 0.579. The van der Waals surface area contributed by atoms with Crippen molar-refractivity contribution in [2.24, 2.45) is 7.05 Å². The zero-order chi connectivity index (χ0) is 15.5. The molecule has 1 aliphatic heterocycles. The van der Waals surface area contributed by atoms with Gasteiger partial charge in [-0.05, 0) is 62.5 Å². The van der Waals surface area contributed by atoms with Crippen molar-refractivity contribution in [2.45, 2.75) is 38.8 Å². The van der Waals surface area contributed by atoms with Crippen molar-refractivity contribution >= 4 is 10.9 Å². The Morgan fingerprint density at radius 2 is 2.09 bits per heavy atom. The van der Waals surface area contributed by atoms with Crippen LogP contribution in [0.25, 0.3) is 10.9 Å². The molecule has 0 amide bonds. The van der Waals surface area contributed by atoms with Crippen LogP contribution in [0.1, 0.15) is 31.7 Å². The molecule has 0 radical (unpaired) electrons. The predicted octanol–water partition coefficient (Wildman–Crippen LogP) is 3.48. The highest BCUT2D eigenvalue weighted by atomic mass is 15.2. The smallest absolute Gasteiger partial charge is 0.0477 e. The number of hydrogen-bond acceptors (Lipinski definition) is 2. The molecule has 0 unspecified atom stereocenters. The third kappa shape index (κ3) is 3.53. The van der Waals surface area contributed by atoms with Crippen molar-refractivity contribution < 1.29 is 0 Å². The highest BCUT2D eigenvalue weighted by Crippen LogP contribution is 2.18.